The Kier molecular flexibility index (Phi) is 4.31. The summed E-state index contributed by atoms with van der Waals surface area (Å²) >= 11 is 0. The molecule has 1 atom stereocenters. The molecular weight excluding hydrogens is 282 g/mol. The van der Waals surface area contributed by atoms with Crippen molar-refractivity contribution < 1.29 is 9.53 Å². The Hall–Kier alpha value is -2.05. The lowest BCUT2D eigenvalue weighted by atomic mass is 10.2. The molecule has 1 N–H and O–H groups in total. The van der Waals surface area contributed by atoms with Gasteiger partial charge < -0.3 is 15.0 Å². The summed E-state index contributed by atoms with van der Waals surface area (Å²) in [6.45, 7) is 7.66. The molecule has 2 fully saturated rings. The second-order valence-corrected chi connectivity index (χ2v) is 5.85. The molecule has 22 heavy (non-hydrogen) atoms. The molecule has 7 nitrogen and oxygen atoms in total. The minimum absolute atomic E-state index is 0.113. The SMILES string of the molecule is CCCCNc1cc(C)nc(N2CCN3C(=O)OCC3C2)n1. The van der Waals surface area contributed by atoms with Crippen LogP contribution in [0.5, 0.6) is 0 Å². The van der Waals surface area contributed by atoms with Crippen LogP contribution in [-0.4, -0.2) is 59.8 Å². The number of nitrogens with one attached hydrogen (secondary N) is 1. The summed E-state index contributed by atoms with van der Waals surface area (Å²) in [6, 6.07) is 2.08. The van der Waals surface area contributed by atoms with E-state index >= 15 is 0 Å². The number of fused-ring (bicyclic) bond motifs is 1. The molecule has 120 valence electrons. The topological polar surface area (TPSA) is 70.6 Å². The highest BCUT2D eigenvalue weighted by Crippen LogP contribution is 2.22. The van der Waals surface area contributed by atoms with E-state index in [-0.39, 0.29) is 12.1 Å². The number of aryl methyl sites for hydroxylation is 1. The average Bonchev–Trinajstić information content (AvgIpc) is 2.88. The summed E-state index contributed by atoms with van der Waals surface area (Å²) < 4.78 is 5.10. The third kappa shape index (κ3) is 3.08. The van der Waals surface area contributed by atoms with Gasteiger partial charge in [0.25, 0.3) is 0 Å². The van der Waals surface area contributed by atoms with Crippen LogP contribution < -0.4 is 10.2 Å². The summed E-state index contributed by atoms with van der Waals surface area (Å²) in [5.41, 5.74) is 0.949. The molecule has 2 aliphatic heterocycles. The van der Waals surface area contributed by atoms with Crippen molar-refractivity contribution in [1.82, 2.24) is 14.9 Å². The summed E-state index contributed by atoms with van der Waals surface area (Å²) in [5, 5.41) is 3.35. The van der Waals surface area contributed by atoms with Gasteiger partial charge in [0.05, 0.1) is 6.04 Å². The number of nitrogens with zero attached hydrogens (tertiary/aromatic N) is 4. The van der Waals surface area contributed by atoms with Crippen molar-refractivity contribution in [1.29, 1.82) is 0 Å². The molecule has 2 saturated heterocycles. The highest BCUT2D eigenvalue weighted by Gasteiger charge is 2.38. The number of rotatable bonds is 5. The average molecular weight is 305 g/mol. The Bertz CT molecular complexity index is 551. The van der Waals surface area contributed by atoms with Crippen LogP contribution in [0.15, 0.2) is 6.07 Å². The number of anilines is 2. The third-order valence-electron chi connectivity index (χ3n) is 4.08. The van der Waals surface area contributed by atoms with Gasteiger partial charge in [-0.2, -0.15) is 4.98 Å². The van der Waals surface area contributed by atoms with Gasteiger partial charge in [0, 0.05) is 37.9 Å². The maximum absolute atomic E-state index is 11.6. The largest absolute Gasteiger partial charge is 0.447 e. The van der Waals surface area contributed by atoms with Gasteiger partial charge in [-0.25, -0.2) is 9.78 Å². The lowest BCUT2D eigenvalue weighted by molar-refractivity contribution is 0.157. The number of hydrogen-bond acceptors (Lipinski definition) is 6. The molecule has 3 rings (SSSR count). The van der Waals surface area contributed by atoms with Gasteiger partial charge in [0.15, 0.2) is 0 Å². The summed E-state index contributed by atoms with van der Waals surface area (Å²) in [4.78, 5) is 24.7. The zero-order valence-electron chi connectivity index (χ0n) is 13.2. The number of aromatic nitrogens is 2. The van der Waals surface area contributed by atoms with Gasteiger partial charge in [-0.15, -0.1) is 0 Å². The van der Waals surface area contributed by atoms with Gasteiger partial charge in [0.2, 0.25) is 5.95 Å². The number of unbranched alkanes of at least 4 members (excludes halogenated alkanes) is 1. The standard InChI is InChI=1S/C15H23N5O2/c1-3-4-5-16-13-8-11(2)17-14(18-13)19-6-7-20-12(9-19)10-22-15(20)21/h8,12H,3-7,9-10H2,1-2H3,(H,16,17,18). The molecule has 1 unspecified atom stereocenters. The number of ether oxygens (including phenoxy) is 1. The lowest BCUT2D eigenvalue weighted by Gasteiger charge is -2.35. The smallest absolute Gasteiger partial charge is 0.410 e. The highest BCUT2D eigenvalue weighted by atomic mass is 16.6. The van der Waals surface area contributed by atoms with Gasteiger partial charge in [-0.05, 0) is 13.3 Å². The molecular formula is C15H23N5O2. The third-order valence-corrected chi connectivity index (χ3v) is 4.08. The zero-order chi connectivity index (χ0) is 15.5. The second kappa shape index (κ2) is 6.37. The van der Waals surface area contributed by atoms with Gasteiger partial charge >= 0.3 is 6.09 Å². The van der Waals surface area contributed by atoms with Crippen molar-refractivity contribution in [2.75, 3.05) is 43.0 Å². The Labute approximate surface area is 130 Å². The first-order valence-electron chi connectivity index (χ1n) is 7.95. The van der Waals surface area contributed by atoms with Crippen LogP contribution in [0.4, 0.5) is 16.6 Å². The molecule has 0 spiro atoms. The van der Waals surface area contributed by atoms with Gasteiger partial charge in [-0.3, -0.25) is 4.90 Å². The highest BCUT2D eigenvalue weighted by molar-refractivity contribution is 5.70. The van der Waals surface area contributed by atoms with Crippen molar-refractivity contribution in [3.63, 3.8) is 0 Å². The van der Waals surface area contributed by atoms with E-state index in [2.05, 4.69) is 27.1 Å². The fourth-order valence-electron chi connectivity index (χ4n) is 2.85. The van der Waals surface area contributed by atoms with Gasteiger partial charge in [0.1, 0.15) is 12.4 Å². The van der Waals surface area contributed by atoms with E-state index in [0.717, 1.165) is 49.9 Å². The number of amides is 1. The normalized spacial score (nSPS) is 20.8. The maximum Gasteiger partial charge on any atom is 0.410 e. The molecule has 1 aromatic rings. The molecule has 0 aromatic carbocycles. The molecule has 0 aliphatic carbocycles. The lowest BCUT2D eigenvalue weighted by Crippen LogP contribution is -2.52. The molecule has 2 aliphatic rings. The van der Waals surface area contributed by atoms with Gasteiger partial charge in [-0.1, -0.05) is 13.3 Å². The fraction of sp³-hybridized carbons (Fsp3) is 0.667. The number of hydrogen-bond donors (Lipinski definition) is 1. The number of carbonyl (C=O) groups excluding carboxylic acids is 1. The van der Waals surface area contributed by atoms with Crippen molar-refractivity contribution in [2.45, 2.75) is 32.7 Å². The number of cyclic esters (lactones) is 1. The second-order valence-electron chi connectivity index (χ2n) is 5.85. The van der Waals surface area contributed by atoms with Crippen molar-refractivity contribution in [3.05, 3.63) is 11.8 Å². The summed E-state index contributed by atoms with van der Waals surface area (Å²) in [5.74, 6) is 1.61. The van der Waals surface area contributed by atoms with Crippen molar-refractivity contribution in [2.24, 2.45) is 0 Å². The molecule has 1 amide bonds. The molecule has 3 heterocycles. The van der Waals surface area contributed by atoms with Crippen molar-refractivity contribution in [3.8, 4) is 0 Å². The van der Waals surface area contributed by atoms with E-state index in [9.17, 15) is 4.79 Å². The summed E-state index contributed by atoms with van der Waals surface area (Å²) in [7, 11) is 0. The zero-order valence-corrected chi connectivity index (χ0v) is 13.2. The predicted octanol–water partition coefficient (Wildman–Crippen LogP) is 1.64. The van der Waals surface area contributed by atoms with Crippen LogP contribution in [0, 0.1) is 6.92 Å². The van der Waals surface area contributed by atoms with E-state index in [1.54, 1.807) is 4.90 Å². The monoisotopic (exact) mass is 305 g/mol. The molecule has 7 heteroatoms. The van der Waals surface area contributed by atoms with Crippen LogP contribution in [0.1, 0.15) is 25.5 Å². The Balaban J connectivity index is 1.70. The first kappa shape index (κ1) is 14.9. The minimum atomic E-state index is -0.197. The van der Waals surface area contributed by atoms with Crippen molar-refractivity contribution >= 4 is 17.9 Å². The predicted molar refractivity (Wildman–Crippen MR) is 84.2 cm³/mol. The van der Waals surface area contributed by atoms with Crippen LogP contribution in [0.25, 0.3) is 0 Å². The molecule has 0 radical (unpaired) electrons. The Morgan fingerprint density at radius 2 is 2.27 bits per heavy atom. The first-order chi connectivity index (χ1) is 10.7. The van der Waals surface area contributed by atoms with Crippen LogP contribution in [-0.2, 0) is 4.74 Å². The summed E-state index contributed by atoms with van der Waals surface area (Å²) in [6.07, 6.45) is 2.08. The first-order valence-corrected chi connectivity index (χ1v) is 7.95. The molecule has 0 saturated carbocycles. The van der Waals surface area contributed by atoms with E-state index in [1.165, 1.54) is 0 Å². The Morgan fingerprint density at radius 3 is 3.09 bits per heavy atom. The van der Waals surface area contributed by atoms with Crippen LogP contribution in [0.2, 0.25) is 0 Å². The maximum atomic E-state index is 11.6. The molecule has 1 aromatic heterocycles. The van der Waals surface area contributed by atoms with Crippen LogP contribution in [0.3, 0.4) is 0 Å². The minimum Gasteiger partial charge on any atom is -0.447 e. The van der Waals surface area contributed by atoms with E-state index < -0.39 is 0 Å². The Morgan fingerprint density at radius 1 is 1.41 bits per heavy atom. The van der Waals surface area contributed by atoms with E-state index in [4.69, 9.17) is 4.74 Å². The molecule has 0 bridgehead atoms. The van der Waals surface area contributed by atoms with E-state index in [0.29, 0.717) is 13.2 Å². The quantitative estimate of drug-likeness (QED) is 0.834. The fourth-order valence-corrected chi connectivity index (χ4v) is 2.85. The van der Waals surface area contributed by atoms with E-state index in [1.807, 2.05) is 13.0 Å². The van der Waals surface area contributed by atoms with Crippen LogP contribution >= 0.6 is 0 Å². The number of piperazine rings is 1. The number of carbonyl (C=O) groups is 1.